The van der Waals surface area contributed by atoms with Gasteiger partial charge in [0.15, 0.2) is 0 Å². The van der Waals surface area contributed by atoms with Crippen LogP contribution in [0.25, 0.3) is 0 Å². The topological polar surface area (TPSA) is 29.3 Å². The van der Waals surface area contributed by atoms with Gasteiger partial charge in [-0.3, -0.25) is 4.90 Å². The lowest BCUT2D eigenvalue weighted by atomic mass is 9.99. The Morgan fingerprint density at radius 3 is 2.75 bits per heavy atom. The predicted octanol–water partition coefficient (Wildman–Crippen LogP) is 2.38. The molecule has 16 heavy (non-hydrogen) atoms. The number of benzene rings is 1. The maximum Gasteiger partial charge on any atom is 0.0237 e. The van der Waals surface area contributed by atoms with Crippen molar-refractivity contribution in [2.45, 2.75) is 32.9 Å². The summed E-state index contributed by atoms with van der Waals surface area (Å²) in [5, 5.41) is 0. The molecule has 1 unspecified atom stereocenters. The van der Waals surface area contributed by atoms with Crippen LogP contribution in [0.1, 0.15) is 30.9 Å². The van der Waals surface area contributed by atoms with Gasteiger partial charge in [0, 0.05) is 19.6 Å². The average Bonchev–Trinajstić information content (AvgIpc) is 2.30. The third kappa shape index (κ3) is 2.83. The van der Waals surface area contributed by atoms with Crippen molar-refractivity contribution in [1.29, 1.82) is 0 Å². The highest BCUT2D eigenvalue weighted by Crippen LogP contribution is 2.19. The molecule has 1 atom stereocenters. The van der Waals surface area contributed by atoms with Crippen LogP contribution in [0.2, 0.25) is 0 Å². The number of nitrogens with zero attached hydrogens (tertiary/aromatic N) is 1. The summed E-state index contributed by atoms with van der Waals surface area (Å²) in [6.45, 7) is 6.54. The Kier molecular flexibility index (Phi) is 3.97. The zero-order valence-corrected chi connectivity index (χ0v) is 10.2. The molecule has 1 heterocycles. The minimum Gasteiger partial charge on any atom is -0.326 e. The fourth-order valence-corrected chi connectivity index (χ4v) is 2.58. The Morgan fingerprint density at radius 1 is 1.31 bits per heavy atom. The van der Waals surface area contributed by atoms with Gasteiger partial charge >= 0.3 is 0 Å². The normalized spacial score (nSPS) is 22.2. The minimum atomic E-state index is 0.652. The van der Waals surface area contributed by atoms with Crippen molar-refractivity contribution in [3.05, 3.63) is 35.4 Å². The first-order valence-corrected chi connectivity index (χ1v) is 6.29. The Hall–Kier alpha value is -0.860. The molecule has 0 saturated carbocycles. The van der Waals surface area contributed by atoms with Gasteiger partial charge in [0.05, 0.1) is 0 Å². The largest absolute Gasteiger partial charge is 0.326 e. The molecule has 0 aromatic heterocycles. The van der Waals surface area contributed by atoms with Gasteiger partial charge in [-0.15, -0.1) is 0 Å². The van der Waals surface area contributed by atoms with Crippen LogP contribution in [0.3, 0.4) is 0 Å². The smallest absolute Gasteiger partial charge is 0.0237 e. The molecular weight excluding hydrogens is 196 g/mol. The standard InChI is InChI=1S/C14H22N2/c1-12-5-4-8-16(10-12)11-14-7-3-2-6-13(14)9-15/h2-3,6-7,12H,4-5,8-11,15H2,1H3. The van der Waals surface area contributed by atoms with Crippen LogP contribution in [-0.4, -0.2) is 18.0 Å². The summed E-state index contributed by atoms with van der Waals surface area (Å²) in [7, 11) is 0. The highest BCUT2D eigenvalue weighted by molar-refractivity contribution is 5.26. The van der Waals surface area contributed by atoms with E-state index in [1.807, 2.05) is 0 Å². The maximum atomic E-state index is 5.76. The molecule has 1 aromatic rings. The van der Waals surface area contributed by atoms with Crippen LogP contribution in [-0.2, 0) is 13.1 Å². The summed E-state index contributed by atoms with van der Waals surface area (Å²) in [6.07, 6.45) is 2.72. The van der Waals surface area contributed by atoms with Gasteiger partial charge in [0.1, 0.15) is 0 Å². The lowest BCUT2D eigenvalue weighted by Gasteiger charge is -2.31. The predicted molar refractivity (Wildman–Crippen MR) is 68.0 cm³/mol. The number of likely N-dealkylation sites (tertiary alicyclic amines) is 1. The molecule has 0 spiro atoms. The van der Waals surface area contributed by atoms with Crippen LogP contribution < -0.4 is 5.73 Å². The molecule has 2 nitrogen and oxygen atoms in total. The number of hydrogen-bond donors (Lipinski definition) is 1. The molecule has 0 aliphatic carbocycles. The monoisotopic (exact) mass is 218 g/mol. The van der Waals surface area contributed by atoms with E-state index in [-0.39, 0.29) is 0 Å². The number of piperidine rings is 1. The Bertz CT molecular complexity index is 335. The third-order valence-corrected chi connectivity index (χ3v) is 3.47. The van der Waals surface area contributed by atoms with Gasteiger partial charge in [-0.25, -0.2) is 0 Å². The highest BCUT2D eigenvalue weighted by Gasteiger charge is 2.16. The summed E-state index contributed by atoms with van der Waals surface area (Å²) < 4.78 is 0. The second-order valence-corrected chi connectivity index (χ2v) is 4.96. The maximum absolute atomic E-state index is 5.76. The van der Waals surface area contributed by atoms with Crippen LogP contribution >= 0.6 is 0 Å². The summed E-state index contributed by atoms with van der Waals surface area (Å²) in [5.74, 6) is 0.846. The van der Waals surface area contributed by atoms with Gasteiger partial charge < -0.3 is 5.73 Å². The van der Waals surface area contributed by atoms with Gasteiger partial charge in [-0.05, 0) is 36.4 Å². The second-order valence-electron chi connectivity index (χ2n) is 4.96. The molecule has 2 heteroatoms. The van der Waals surface area contributed by atoms with E-state index in [1.165, 1.54) is 37.1 Å². The molecule has 1 aliphatic heterocycles. The average molecular weight is 218 g/mol. The summed E-state index contributed by atoms with van der Waals surface area (Å²) in [6, 6.07) is 8.54. The lowest BCUT2D eigenvalue weighted by Crippen LogP contribution is -2.34. The first kappa shape index (κ1) is 11.6. The van der Waals surface area contributed by atoms with E-state index in [0.717, 1.165) is 12.5 Å². The van der Waals surface area contributed by atoms with E-state index in [4.69, 9.17) is 5.73 Å². The van der Waals surface area contributed by atoms with Gasteiger partial charge in [0.2, 0.25) is 0 Å². The fraction of sp³-hybridized carbons (Fsp3) is 0.571. The molecule has 1 saturated heterocycles. The van der Waals surface area contributed by atoms with Crippen LogP contribution in [0.15, 0.2) is 24.3 Å². The molecule has 2 N–H and O–H groups in total. The van der Waals surface area contributed by atoms with Gasteiger partial charge in [-0.2, -0.15) is 0 Å². The van der Waals surface area contributed by atoms with Crippen LogP contribution in [0.4, 0.5) is 0 Å². The zero-order chi connectivity index (χ0) is 11.4. The molecular formula is C14H22N2. The van der Waals surface area contributed by atoms with Crippen LogP contribution in [0.5, 0.6) is 0 Å². The minimum absolute atomic E-state index is 0.652. The molecule has 0 amide bonds. The highest BCUT2D eigenvalue weighted by atomic mass is 15.1. The molecule has 0 bridgehead atoms. The van der Waals surface area contributed by atoms with Crippen LogP contribution in [0, 0.1) is 5.92 Å². The van der Waals surface area contributed by atoms with E-state index < -0.39 is 0 Å². The summed E-state index contributed by atoms with van der Waals surface area (Å²) >= 11 is 0. The summed E-state index contributed by atoms with van der Waals surface area (Å²) in [5.41, 5.74) is 8.46. The Morgan fingerprint density at radius 2 is 2.06 bits per heavy atom. The molecule has 1 aromatic carbocycles. The van der Waals surface area contributed by atoms with Crippen molar-refractivity contribution >= 4 is 0 Å². The van der Waals surface area contributed by atoms with Crippen molar-refractivity contribution in [3.8, 4) is 0 Å². The third-order valence-electron chi connectivity index (χ3n) is 3.47. The summed E-state index contributed by atoms with van der Waals surface area (Å²) in [4.78, 5) is 2.56. The van der Waals surface area contributed by atoms with Gasteiger partial charge in [-0.1, -0.05) is 31.2 Å². The van der Waals surface area contributed by atoms with Crippen molar-refractivity contribution in [2.24, 2.45) is 11.7 Å². The fourth-order valence-electron chi connectivity index (χ4n) is 2.58. The molecule has 1 fully saturated rings. The van der Waals surface area contributed by atoms with E-state index in [9.17, 15) is 0 Å². The quantitative estimate of drug-likeness (QED) is 0.844. The van der Waals surface area contributed by atoms with E-state index in [2.05, 4.69) is 36.1 Å². The zero-order valence-electron chi connectivity index (χ0n) is 10.2. The van der Waals surface area contributed by atoms with Crippen molar-refractivity contribution in [1.82, 2.24) is 4.90 Å². The Balaban J connectivity index is 2.02. The first-order valence-electron chi connectivity index (χ1n) is 6.29. The molecule has 1 aliphatic rings. The van der Waals surface area contributed by atoms with Crippen molar-refractivity contribution in [2.75, 3.05) is 13.1 Å². The number of nitrogens with two attached hydrogens (primary N) is 1. The van der Waals surface area contributed by atoms with Crippen molar-refractivity contribution in [3.63, 3.8) is 0 Å². The van der Waals surface area contributed by atoms with Crippen molar-refractivity contribution < 1.29 is 0 Å². The molecule has 2 rings (SSSR count). The van der Waals surface area contributed by atoms with Gasteiger partial charge in [0.25, 0.3) is 0 Å². The Labute approximate surface area is 98.4 Å². The molecule has 88 valence electrons. The number of rotatable bonds is 3. The lowest BCUT2D eigenvalue weighted by molar-refractivity contribution is 0.176. The van der Waals surface area contributed by atoms with E-state index in [0.29, 0.717) is 6.54 Å². The number of hydrogen-bond acceptors (Lipinski definition) is 2. The van der Waals surface area contributed by atoms with E-state index >= 15 is 0 Å². The second kappa shape index (κ2) is 5.46. The first-order chi connectivity index (χ1) is 7.79. The molecule has 0 radical (unpaired) electrons. The SMILES string of the molecule is CC1CCCN(Cc2ccccc2CN)C1. The van der Waals surface area contributed by atoms with E-state index in [1.54, 1.807) is 0 Å².